The molecule has 3 aromatic heterocycles. The second-order valence-corrected chi connectivity index (χ2v) is 8.58. The summed E-state index contributed by atoms with van der Waals surface area (Å²) in [6, 6.07) is 7.49. The monoisotopic (exact) mass is 424 g/mol. The molecular weight excluding hydrogens is 408 g/mol. The van der Waals surface area contributed by atoms with Crippen LogP contribution >= 0.6 is 22.9 Å². The van der Waals surface area contributed by atoms with Crippen molar-refractivity contribution in [1.29, 1.82) is 0 Å². The second-order valence-electron chi connectivity index (χ2n) is 6.94. The van der Waals surface area contributed by atoms with Gasteiger partial charge < -0.3 is 0 Å². The highest BCUT2D eigenvalue weighted by Crippen LogP contribution is 2.39. The molecule has 5 rings (SSSR count). The molecule has 0 aliphatic carbocycles. The van der Waals surface area contributed by atoms with Crippen molar-refractivity contribution in [3.8, 4) is 5.00 Å². The average Bonchev–Trinajstić information content (AvgIpc) is 3.39. The Kier molecular flexibility index (Phi) is 4.29. The van der Waals surface area contributed by atoms with E-state index in [1.165, 1.54) is 10.4 Å². The molecule has 0 amide bonds. The summed E-state index contributed by atoms with van der Waals surface area (Å²) < 4.78 is 2.11. The van der Waals surface area contributed by atoms with E-state index in [4.69, 9.17) is 16.6 Å². The van der Waals surface area contributed by atoms with E-state index < -0.39 is 0 Å². The molecule has 10 heteroatoms. The molecule has 0 radical (unpaired) electrons. The number of hydrogen-bond acceptors (Lipinski definition) is 7. The molecule has 0 fully saturated rings. The third-order valence-corrected chi connectivity index (χ3v) is 6.57. The maximum atomic E-state index is 6.13. The number of H-pyrrole nitrogens is 1. The Labute approximate surface area is 175 Å². The molecule has 29 heavy (non-hydrogen) atoms. The van der Waals surface area contributed by atoms with E-state index in [0.717, 1.165) is 33.5 Å². The van der Waals surface area contributed by atoms with Crippen LogP contribution in [0, 0.1) is 20.8 Å². The van der Waals surface area contributed by atoms with Crippen LogP contribution in [0.3, 0.4) is 0 Å². The Bertz CT molecular complexity index is 1220. The van der Waals surface area contributed by atoms with Crippen LogP contribution in [0.25, 0.3) is 5.00 Å². The molecule has 8 nitrogen and oxygen atoms in total. The number of rotatable bonds is 3. The molecule has 0 saturated carbocycles. The fourth-order valence-corrected chi connectivity index (χ4v) is 4.91. The van der Waals surface area contributed by atoms with Crippen LogP contribution in [0.5, 0.6) is 0 Å². The van der Waals surface area contributed by atoms with Gasteiger partial charge in [0.05, 0.1) is 5.71 Å². The highest BCUT2D eigenvalue weighted by atomic mass is 35.5. The quantitative estimate of drug-likeness (QED) is 0.542. The maximum absolute atomic E-state index is 6.13. The topological polar surface area (TPSA) is 97.5 Å². The van der Waals surface area contributed by atoms with Gasteiger partial charge in [0.1, 0.15) is 16.9 Å². The molecule has 1 aliphatic rings. The van der Waals surface area contributed by atoms with Crippen molar-refractivity contribution in [3.63, 3.8) is 0 Å². The van der Waals surface area contributed by atoms with Crippen molar-refractivity contribution in [2.45, 2.75) is 33.2 Å². The standard InChI is InChI=1S/C19H17ClN8S/c1-9-10(2)29-19-16(9)17(12-4-6-13(20)7-5-12)21-14(8-15-23-26-27-24-15)18-25-22-11(3)28(18)19/h4-7,14H,8H2,1-3H3,(H,23,24,26,27)/t14-/m0/s1. The highest BCUT2D eigenvalue weighted by molar-refractivity contribution is 7.15. The Morgan fingerprint density at radius 3 is 2.62 bits per heavy atom. The molecule has 0 spiro atoms. The summed E-state index contributed by atoms with van der Waals surface area (Å²) in [5.74, 6) is 2.19. The van der Waals surface area contributed by atoms with Crippen molar-refractivity contribution >= 4 is 28.6 Å². The summed E-state index contributed by atoms with van der Waals surface area (Å²) in [6.45, 7) is 6.22. The molecule has 1 N–H and O–H groups in total. The first-order chi connectivity index (χ1) is 14.0. The van der Waals surface area contributed by atoms with Gasteiger partial charge in [-0.15, -0.1) is 31.7 Å². The van der Waals surface area contributed by atoms with E-state index in [2.05, 4.69) is 49.2 Å². The molecule has 0 bridgehead atoms. The number of aryl methyl sites for hydroxylation is 2. The van der Waals surface area contributed by atoms with E-state index in [0.29, 0.717) is 17.3 Å². The molecule has 0 saturated heterocycles. The summed E-state index contributed by atoms with van der Waals surface area (Å²) in [5.41, 5.74) is 4.23. The summed E-state index contributed by atoms with van der Waals surface area (Å²) in [6.07, 6.45) is 0.471. The number of aromatic amines is 1. The minimum absolute atomic E-state index is 0.293. The first-order valence-electron chi connectivity index (χ1n) is 9.11. The lowest BCUT2D eigenvalue weighted by Crippen LogP contribution is -2.10. The zero-order valence-corrected chi connectivity index (χ0v) is 17.6. The molecule has 4 heterocycles. The number of aromatic nitrogens is 7. The molecule has 1 aromatic carbocycles. The van der Waals surface area contributed by atoms with Crippen molar-refractivity contribution < 1.29 is 0 Å². The fourth-order valence-electron chi connectivity index (χ4n) is 3.57. The maximum Gasteiger partial charge on any atom is 0.177 e. The van der Waals surface area contributed by atoms with E-state index in [1.54, 1.807) is 11.3 Å². The lowest BCUT2D eigenvalue weighted by molar-refractivity contribution is 0.636. The number of benzene rings is 1. The summed E-state index contributed by atoms with van der Waals surface area (Å²) in [5, 5.41) is 25.0. The molecular formula is C19H17ClN8S. The smallest absolute Gasteiger partial charge is 0.177 e. The minimum Gasteiger partial charge on any atom is -0.272 e. The van der Waals surface area contributed by atoms with E-state index in [-0.39, 0.29) is 6.04 Å². The van der Waals surface area contributed by atoms with Crippen molar-refractivity contribution in [3.05, 3.63) is 68.3 Å². The van der Waals surface area contributed by atoms with Gasteiger partial charge in [-0.1, -0.05) is 28.9 Å². The number of tetrazole rings is 1. The van der Waals surface area contributed by atoms with Crippen LogP contribution in [0.2, 0.25) is 5.02 Å². The number of hydrogen-bond donors (Lipinski definition) is 1. The molecule has 0 unspecified atom stereocenters. The first-order valence-corrected chi connectivity index (χ1v) is 10.3. The van der Waals surface area contributed by atoms with Crippen LogP contribution in [0.15, 0.2) is 29.3 Å². The van der Waals surface area contributed by atoms with Crippen LogP contribution in [-0.2, 0) is 6.42 Å². The molecule has 4 aromatic rings. The molecule has 1 aliphatic heterocycles. The number of halogens is 1. The highest BCUT2D eigenvalue weighted by Gasteiger charge is 2.32. The number of aliphatic imine (C=N–C) groups is 1. The minimum atomic E-state index is -0.293. The van der Waals surface area contributed by atoms with Gasteiger partial charge in [0.25, 0.3) is 0 Å². The zero-order valence-electron chi connectivity index (χ0n) is 16.0. The largest absolute Gasteiger partial charge is 0.272 e. The Morgan fingerprint density at radius 1 is 1.10 bits per heavy atom. The summed E-state index contributed by atoms with van der Waals surface area (Å²) in [7, 11) is 0. The Balaban J connectivity index is 1.78. The van der Waals surface area contributed by atoms with Gasteiger partial charge in [0.15, 0.2) is 11.6 Å². The van der Waals surface area contributed by atoms with Crippen LogP contribution in [-0.4, -0.2) is 41.1 Å². The van der Waals surface area contributed by atoms with Gasteiger partial charge >= 0.3 is 0 Å². The normalized spacial score (nSPS) is 15.6. The second kappa shape index (κ2) is 6.85. The fraction of sp³-hybridized carbons (Fsp3) is 0.263. The Hall–Kier alpha value is -2.91. The van der Waals surface area contributed by atoms with Gasteiger partial charge in [-0.25, -0.2) is 0 Å². The average molecular weight is 425 g/mol. The van der Waals surface area contributed by atoms with Crippen LogP contribution in [0.4, 0.5) is 0 Å². The predicted octanol–water partition coefficient (Wildman–Crippen LogP) is 3.56. The van der Waals surface area contributed by atoms with Crippen LogP contribution < -0.4 is 0 Å². The number of nitrogens with one attached hydrogen (secondary N) is 1. The van der Waals surface area contributed by atoms with Gasteiger partial charge in [-0.3, -0.25) is 9.56 Å². The predicted molar refractivity (Wildman–Crippen MR) is 111 cm³/mol. The summed E-state index contributed by atoms with van der Waals surface area (Å²) >= 11 is 7.86. The van der Waals surface area contributed by atoms with Gasteiger partial charge in [0.2, 0.25) is 0 Å². The van der Waals surface area contributed by atoms with Gasteiger partial charge in [0, 0.05) is 27.4 Å². The SMILES string of the molecule is Cc1sc2c(c1C)C(c1ccc(Cl)cc1)=N[C@@H](Cc1nn[nH]n1)c1nnc(C)n1-2. The lowest BCUT2D eigenvalue weighted by Gasteiger charge is -2.11. The van der Waals surface area contributed by atoms with Gasteiger partial charge in [-0.05, 0) is 38.5 Å². The number of thiophene rings is 1. The van der Waals surface area contributed by atoms with E-state index in [1.807, 2.05) is 31.2 Å². The number of fused-ring (bicyclic) bond motifs is 3. The molecule has 1 atom stereocenters. The Morgan fingerprint density at radius 2 is 1.90 bits per heavy atom. The summed E-state index contributed by atoms with van der Waals surface area (Å²) in [4.78, 5) is 6.40. The van der Waals surface area contributed by atoms with E-state index in [9.17, 15) is 0 Å². The van der Waals surface area contributed by atoms with E-state index >= 15 is 0 Å². The lowest BCUT2D eigenvalue weighted by atomic mass is 9.99. The first kappa shape index (κ1) is 18.1. The van der Waals surface area contributed by atoms with Crippen molar-refractivity contribution in [1.82, 2.24) is 35.4 Å². The van der Waals surface area contributed by atoms with Crippen LogP contribution in [0.1, 0.15) is 45.1 Å². The van der Waals surface area contributed by atoms with Crippen molar-refractivity contribution in [2.75, 3.05) is 0 Å². The third kappa shape index (κ3) is 2.97. The molecule has 146 valence electrons. The number of nitrogens with zero attached hydrogens (tertiary/aromatic N) is 7. The van der Waals surface area contributed by atoms with Gasteiger partial charge in [-0.2, -0.15) is 5.21 Å². The third-order valence-electron chi connectivity index (χ3n) is 5.12. The zero-order chi connectivity index (χ0) is 20.1. The van der Waals surface area contributed by atoms with Crippen molar-refractivity contribution in [2.24, 2.45) is 4.99 Å².